The maximum Gasteiger partial charge on any atom is 0.251 e. The summed E-state index contributed by atoms with van der Waals surface area (Å²) in [7, 11) is 0. The van der Waals surface area contributed by atoms with Crippen LogP contribution in [0.5, 0.6) is 0 Å². The maximum atomic E-state index is 12.4. The molecule has 1 saturated carbocycles. The average molecular weight is 500 g/mol. The third-order valence-electron chi connectivity index (χ3n) is 7.39. The van der Waals surface area contributed by atoms with Gasteiger partial charge in [-0.05, 0) is 43.5 Å². The molecule has 5 nitrogen and oxygen atoms in total. The number of hydrogen-bond donors (Lipinski definition) is 3. The Labute approximate surface area is 221 Å². The van der Waals surface area contributed by atoms with Crippen LogP contribution in [0.4, 0.5) is 5.69 Å². The lowest BCUT2D eigenvalue weighted by molar-refractivity contribution is -0.119. The Kier molecular flexibility index (Phi) is 16.8. The van der Waals surface area contributed by atoms with Crippen molar-refractivity contribution in [1.82, 2.24) is 10.6 Å². The SMILES string of the molecule is CCCCCCCCCCCCCCCCNC(=O)CNc1ccc(C(=O)NC2CCCCC2)cc1. The molecule has 1 aromatic rings. The number of carbonyl (C=O) groups excluding carboxylic acids is 2. The molecule has 0 saturated heterocycles. The second kappa shape index (κ2) is 20.1. The lowest BCUT2D eigenvalue weighted by Crippen LogP contribution is -2.36. The van der Waals surface area contributed by atoms with Gasteiger partial charge in [-0.3, -0.25) is 9.59 Å². The number of nitrogens with one attached hydrogen (secondary N) is 3. The Bertz CT molecular complexity index is 698. The van der Waals surface area contributed by atoms with Crippen LogP contribution in [0.2, 0.25) is 0 Å². The van der Waals surface area contributed by atoms with Gasteiger partial charge in [-0.15, -0.1) is 0 Å². The Hall–Kier alpha value is -2.04. The summed E-state index contributed by atoms with van der Waals surface area (Å²) in [5, 5.41) is 9.30. The molecular weight excluding hydrogens is 446 g/mol. The summed E-state index contributed by atoms with van der Waals surface area (Å²) in [6.45, 7) is 3.28. The quantitative estimate of drug-likeness (QED) is 0.161. The molecule has 0 aliphatic heterocycles. The van der Waals surface area contributed by atoms with Crippen molar-refractivity contribution in [2.24, 2.45) is 0 Å². The van der Waals surface area contributed by atoms with E-state index >= 15 is 0 Å². The molecule has 0 heterocycles. The van der Waals surface area contributed by atoms with E-state index in [0.717, 1.165) is 31.5 Å². The van der Waals surface area contributed by atoms with E-state index in [1.165, 1.54) is 103 Å². The molecule has 2 amide bonds. The fraction of sp³-hybridized carbons (Fsp3) is 0.742. The predicted molar refractivity (Wildman–Crippen MR) is 153 cm³/mol. The van der Waals surface area contributed by atoms with E-state index in [9.17, 15) is 9.59 Å². The molecule has 2 rings (SSSR count). The van der Waals surface area contributed by atoms with Crippen LogP contribution >= 0.6 is 0 Å². The van der Waals surface area contributed by atoms with Crippen LogP contribution in [0.3, 0.4) is 0 Å². The van der Waals surface area contributed by atoms with E-state index in [-0.39, 0.29) is 18.4 Å². The van der Waals surface area contributed by atoms with Gasteiger partial charge in [-0.1, -0.05) is 110 Å². The van der Waals surface area contributed by atoms with E-state index in [1.54, 1.807) is 0 Å². The second-order valence-electron chi connectivity index (χ2n) is 10.7. The van der Waals surface area contributed by atoms with E-state index < -0.39 is 0 Å². The molecule has 0 atom stereocenters. The first kappa shape index (κ1) is 30.2. The molecule has 1 fully saturated rings. The van der Waals surface area contributed by atoms with Gasteiger partial charge in [0.1, 0.15) is 0 Å². The summed E-state index contributed by atoms with van der Waals surface area (Å²) in [5.74, 6) is 0.0168. The van der Waals surface area contributed by atoms with Crippen LogP contribution < -0.4 is 16.0 Å². The summed E-state index contributed by atoms with van der Waals surface area (Å²) in [6.07, 6.45) is 24.6. The van der Waals surface area contributed by atoms with Crippen molar-refractivity contribution >= 4 is 17.5 Å². The number of anilines is 1. The highest BCUT2D eigenvalue weighted by Crippen LogP contribution is 2.18. The van der Waals surface area contributed by atoms with Gasteiger partial charge in [0, 0.05) is 23.8 Å². The number of benzene rings is 1. The van der Waals surface area contributed by atoms with Crippen LogP contribution in [-0.4, -0.2) is 30.9 Å². The number of hydrogen-bond acceptors (Lipinski definition) is 3. The van der Waals surface area contributed by atoms with E-state index in [4.69, 9.17) is 0 Å². The predicted octanol–water partition coefficient (Wildman–Crippen LogP) is 7.76. The smallest absolute Gasteiger partial charge is 0.251 e. The molecule has 5 heteroatoms. The fourth-order valence-corrected chi connectivity index (χ4v) is 5.05. The molecule has 0 unspecified atom stereocenters. The van der Waals surface area contributed by atoms with Gasteiger partial charge >= 0.3 is 0 Å². The molecular formula is C31H53N3O2. The van der Waals surface area contributed by atoms with E-state index in [1.807, 2.05) is 24.3 Å². The summed E-state index contributed by atoms with van der Waals surface area (Å²) < 4.78 is 0. The lowest BCUT2D eigenvalue weighted by Gasteiger charge is -2.22. The highest BCUT2D eigenvalue weighted by molar-refractivity contribution is 5.94. The third kappa shape index (κ3) is 14.5. The zero-order valence-corrected chi connectivity index (χ0v) is 23.1. The van der Waals surface area contributed by atoms with Gasteiger partial charge in [0.15, 0.2) is 0 Å². The summed E-state index contributed by atoms with van der Waals surface area (Å²) in [4.78, 5) is 24.5. The second-order valence-corrected chi connectivity index (χ2v) is 10.7. The molecule has 1 aromatic carbocycles. The molecule has 0 radical (unpaired) electrons. The molecule has 0 bridgehead atoms. The van der Waals surface area contributed by atoms with Crippen molar-refractivity contribution in [3.8, 4) is 0 Å². The van der Waals surface area contributed by atoms with Crippen LogP contribution in [0.1, 0.15) is 139 Å². The largest absolute Gasteiger partial charge is 0.376 e. The zero-order chi connectivity index (χ0) is 25.7. The average Bonchev–Trinajstić information content (AvgIpc) is 2.90. The fourth-order valence-electron chi connectivity index (χ4n) is 5.05. The first-order valence-corrected chi connectivity index (χ1v) is 15.1. The van der Waals surface area contributed by atoms with Crippen molar-refractivity contribution in [2.75, 3.05) is 18.4 Å². The number of rotatable bonds is 20. The van der Waals surface area contributed by atoms with Gasteiger partial charge in [0.05, 0.1) is 6.54 Å². The minimum absolute atomic E-state index is 0.000593. The highest BCUT2D eigenvalue weighted by Gasteiger charge is 2.16. The molecule has 0 aromatic heterocycles. The molecule has 0 spiro atoms. The summed E-state index contributed by atoms with van der Waals surface area (Å²) in [5.41, 5.74) is 1.53. The minimum Gasteiger partial charge on any atom is -0.376 e. The van der Waals surface area contributed by atoms with Crippen LogP contribution in [0.15, 0.2) is 24.3 Å². The van der Waals surface area contributed by atoms with Gasteiger partial charge in [-0.2, -0.15) is 0 Å². The Morgan fingerprint density at radius 1 is 0.722 bits per heavy atom. The molecule has 204 valence electrons. The highest BCUT2D eigenvalue weighted by atomic mass is 16.2. The van der Waals surface area contributed by atoms with Crippen molar-refractivity contribution < 1.29 is 9.59 Å². The van der Waals surface area contributed by atoms with Crippen molar-refractivity contribution in [3.05, 3.63) is 29.8 Å². The standard InChI is InChI=1S/C31H53N3O2/c1-2-3-4-5-6-7-8-9-10-11-12-13-14-18-25-32-30(35)26-33-28-23-21-27(22-24-28)31(36)34-29-19-16-15-17-20-29/h21-24,29,33H,2-20,25-26H2,1H3,(H,32,35)(H,34,36). The lowest BCUT2D eigenvalue weighted by atomic mass is 9.95. The molecule has 1 aliphatic rings. The first-order chi connectivity index (χ1) is 17.7. The summed E-state index contributed by atoms with van der Waals surface area (Å²) >= 11 is 0. The van der Waals surface area contributed by atoms with Crippen LogP contribution in [0.25, 0.3) is 0 Å². The topological polar surface area (TPSA) is 70.2 Å². The summed E-state index contributed by atoms with van der Waals surface area (Å²) in [6, 6.07) is 7.71. The molecule has 36 heavy (non-hydrogen) atoms. The van der Waals surface area contributed by atoms with Gasteiger partial charge < -0.3 is 16.0 Å². The van der Waals surface area contributed by atoms with Crippen molar-refractivity contribution in [3.63, 3.8) is 0 Å². The Morgan fingerprint density at radius 3 is 1.81 bits per heavy atom. The zero-order valence-electron chi connectivity index (χ0n) is 23.1. The maximum absolute atomic E-state index is 12.4. The first-order valence-electron chi connectivity index (χ1n) is 15.1. The monoisotopic (exact) mass is 499 g/mol. The third-order valence-corrected chi connectivity index (χ3v) is 7.39. The number of unbranched alkanes of at least 4 members (excludes halogenated alkanes) is 13. The van der Waals surface area contributed by atoms with Crippen molar-refractivity contribution in [2.45, 2.75) is 135 Å². The number of amides is 2. The van der Waals surface area contributed by atoms with E-state index in [0.29, 0.717) is 11.6 Å². The van der Waals surface area contributed by atoms with E-state index in [2.05, 4.69) is 22.9 Å². The molecule has 3 N–H and O–H groups in total. The molecule has 1 aliphatic carbocycles. The van der Waals surface area contributed by atoms with Gasteiger partial charge in [-0.25, -0.2) is 0 Å². The Morgan fingerprint density at radius 2 is 1.25 bits per heavy atom. The van der Waals surface area contributed by atoms with Crippen LogP contribution in [0, 0.1) is 0 Å². The number of carbonyl (C=O) groups is 2. The van der Waals surface area contributed by atoms with Crippen molar-refractivity contribution in [1.29, 1.82) is 0 Å². The van der Waals surface area contributed by atoms with Crippen LogP contribution in [-0.2, 0) is 4.79 Å². The Balaban J connectivity index is 1.40. The van der Waals surface area contributed by atoms with Gasteiger partial charge in [0.25, 0.3) is 5.91 Å². The minimum atomic E-state index is -0.000593. The van der Waals surface area contributed by atoms with Gasteiger partial charge in [0.2, 0.25) is 5.91 Å². The normalized spacial score (nSPS) is 13.9.